The monoisotopic (exact) mass is 443 g/mol. The molecular weight excluding hydrogens is 430 g/mol. The molecule has 0 heterocycles. The first-order valence-corrected chi connectivity index (χ1v) is 8.01. The number of benzene rings is 2. The lowest BCUT2D eigenvalue weighted by Gasteiger charge is -2.12. The van der Waals surface area contributed by atoms with E-state index < -0.39 is 17.6 Å². The Labute approximate surface area is 151 Å². The average Bonchev–Trinajstić information content (AvgIpc) is 2.50. The van der Waals surface area contributed by atoms with Crippen LogP contribution >= 0.6 is 22.6 Å². The molecule has 0 saturated heterocycles. The molecule has 6 heteroatoms. The van der Waals surface area contributed by atoms with Crippen molar-refractivity contribution in [1.82, 2.24) is 0 Å². The summed E-state index contributed by atoms with van der Waals surface area (Å²) in [4.78, 5) is 12.3. The van der Waals surface area contributed by atoms with E-state index >= 15 is 0 Å². The number of aryl methyl sites for hydroxylation is 1. The van der Waals surface area contributed by atoms with Crippen molar-refractivity contribution in [2.75, 3.05) is 5.32 Å². The Morgan fingerprint density at radius 1 is 1.17 bits per heavy atom. The Hall–Kier alpha value is -2.01. The Morgan fingerprint density at radius 2 is 1.88 bits per heavy atom. The summed E-state index contributed by atoms with van der Waals surface area (Å²) in [5, 5.41) is 2.50. The quantitative estimate of drug-likeness (QED) is 0.499. The fourth-order valence-electron chi connectivity index (χ4n) is 2.06. The summed E-state index contributed by atoms with van der Waals surface area (Å²) in [5.74, 6) is 5.17. The Bertz CT molecular complexity index is 848. The standard InChI is InChI=1S/C18H13F3INO/c1-3-4-12-9-13(6-5-11(12)2)17(24)23-14-7-8-16(22)15(10-14)18(19,20)21/h5-10H,1-2H3,(H,23,24). The van der Waals surface area contributed by atoms with E-state index in [1.807, 2.05) is 6.92 Å². The van der Waals surface area contributed by atoms with E-state index in [4.69, 9.17) is 0 Å². The number of rotatable bonds is 2. The van der Waals surface area contributed by atoms with Gasteiger partial charge >= 0.3 is 6.18 Å². The molecule has 0 fully saturated rings. The first-order valence-electron chi connectivity index (χ1n) is 6.94. The summed E-state index contributed by atoms with van der Waals surface area (Å²) in [5.41, 5.74) is 1.29. The number of hydrogen-bond acceptors (Lipinski definition) is 1. The third kappa shape index (κ3) is 4.29. The molecule has 0 unspecified atom stereocenters. The van der Waals surface area contributed by atoms with Crippen LogP contribution in [0, 0.1) is 22.3 Å². The lowest BCUT2D eigenvalue weighted by atomic mass is 10.0. The topological polar surface area (TPSA) is 29.1 Å². The van der Waals surface area contributed by atoms with E-state index in [9.17, 15) is 18.0 Å². The van der Waals surface area contributed by atoms with E-state index in [1.54, 1.807) is 47.7 Å². The number of carbonyl (C=O) groups is 1. The summed E-state index contributed by atoms with van der Waals surface area (Å²) in [6.45, 7) is 3.56. The van der Waals surface area contributed by atoms with Crippen molar-refractivity contribution < 1.29 is 18.0 Å². The Balaban J connectivity index is 2.30. The largest absolute Gasteiger partial charge is 0.417 e. The molecule has 24 heavy (non-hydrogen) atoms. The van der Waals surface area contributed by atoms with Gasteiger partial charge in [-0.1, -0.05) is 12.0 Å². The first kappa shape index (κ1) is 18.3. The Morgan fingerprint density at radius 3 is 2.50 bits per heavy atom. The molecular formula is C18H13F3INO. The number of amides is 1. The molecule has 0 aromatic heterocycles. The van der Waals surface area contributed by atoms with E-state index in [0.29, 0.717) is 11.1 Å². The third-order valence-corrected chi connectivity index (χ3v) is 4.23. The molecule has 0 bridgehead atoms. The minimum atomic E-state index is -4.47. The van der Waals surface area contributed by atoms with Crippen molar-refractivity contribution in [3.63, 3.8) is 0 Å². The normalized spacial score (nSPS) is 10.8. The van der Waals surface area contributed by atoms with Gasteiger partial charge in [0.2, 0.25) is 0 Å². The van der Waals surface area contributed by atoms with Gasteiger partial charge in [0, 0.05) is 20.4 Å². The summed E-state index contributed by atoms with van der Waals surface area (Å²) < 4.78 is 38.9. The molecule has 0 aliphatic carbocycles. The highest BCUT2D eigenvalue weighted by Gasteiger charge is 2.33. The fourth-order valence-corrected chi connectivity index (χ4v) is 2.70. The van der Waals surface area contributed by atoms with Gasteiger partial charge < -0.3 is 5.32 Å². The number of hydrogen-bond donors (Lipinski definition) is 1. The van der Waals surface area contributed by atoms with Crippen molar-refractivity contribution in [1.29, 1.82) is 0 Å². The summed E-state index contributed by atoms with van der Waals surface area (Å²) in [6.07, 6.45) is -4.47. The van der Waals surface area contributed by atoms with Crippen molar-refractivity contribution in [2.24, 2.45) is 0 Å². The second-order valence-corrected chi connectivity index (χ2v) is 6.21. The lowest BCUT2D eigenvalue weighted by Crippen LogP contribution is -2.14. The smallest absolute Gasteiger partial charge is 0.322 e. The molecule has 0 aliphatic heterocycles. The van der Waals surface area contributed by atoms with Gasteiger partial charge in [-0.2, -0.15) is 13.2 Å². The zero-order chi connectivity index (χ0) is 17.9. The van der Waals surface area contributed by atoms with Crippen LogP contribution in [0.2, 0.25) is 0 Å². The molecule has 0 saturated carbocycles. The van der Waals surface area contributed by atoms with E-state index in [2.05, 4.69) is 17.2 Å². The molecule has 2 aromatic carbocycles. The highest BCUT2D eigenvalue weighted by atomic mass is 127. The van der Waals surface area contributed by atoms with Crippen LogP contribution in [0.25, 0.3) is 0 Å². The van der Waals surface area contributed by atoms with Gasteiger partial charge in [0.15, 0.2) is 0 Å². The van der Waals surface area contributed by atoms with Crippen LogP contribution < -0.4 is 5.32 Å². The van der Waals surface area contributed by atoms with Crippen LogP contribution in [0.3, 0.4) is 0 Å². The lowest BCUT2D eigenvalue weighted by molar-refractivity contribution is -0.138. The van der Waals surface area contributed by atoms with Gasteiger partial charge in [-0.25, -0.2) is 0 Å². The Kier molecular flexibility index (Phi) is 5.54. The minimum absolute atomic E-state index is 0.0777. The van der Waals surface area contributed by atoms with Crippen LogP contribution in [0.4, 0.5) is 18.9 Å². The molecule has 0 spiro atoms. The molecule has 0 atom stereocenters. The van der Waals surface area contributed by atoms with Crippen molar-refractivity contribution >= 4 is 34.2 Å². The summed E-state index contributed by atoms with van der Waals surface area (Å²) in [7, 11) is 0. The molecule has 124 valence electrons. The van der Waals surface area contributed by atoms with Crippen LogP contribution in [0.1, 0.15) is 34.0 Å². The average molecular weight is 443 g/mol. The molecule has 2 rings (SSSR count). The van der Waals surface area contributed by atoms with Crippen LogP contribution in [0.15, 0.2) is 36.4 Å². The van der Waals surface area contributed by atoms with Gasteiger partial charge in [-0.15, -0.1) is 5.92 Å². The minimum Gasteiger partial charge on any atom is -0.322 e. The number of halogens is 4. The number of carbonyl (C=O) groups excluding carboxylic acids is 1. The van der Waals surface area contributed by atoms with Gasteiger partial charge in [0.25, 0.3) is 5.91 Å². The van der Waals surface area contributed by atoms with E-state index in [0.717, 1.165) is 11.6 Å². The van der Waals surface area contributed by atoms with Gasteiger partial charge in [0.1, 0.15) is 0 Å². The highest BCUT2D eigenvalue weighted by molar-refractivity contribution is 14.1. The number of alkyl halides is 3. The van der Waals surface area contributed by atoms with Gasteiger partial charge in [0.05, 0.1) is 5.56 Å². The molecule has 1 amide bonds. The maximum Gasteiger partial charge on any atom is 0.417 e. The molecule has 1 N–H and O–H groups in total. The van der Waals surface area contributed by atoms with Crippen molar-refractivity contribution in [2.45, 2.75) is 20.0 Å². The first-order chi connectivity index (χ1) is 11.2. The predicted octanol–water partition coefficient (Wildman–Crippen LogP) is 5.24. The van der Waals surface area contributed by atoms with E-state index in [-0.39, 0.29) is 9.26 Å². The zero-order valence-electron chi connectivity index (χ0n) is 12.9. The zero-order valence-corrected chi connectivity index (χ0v) is 15.0. The summed E-state index contributed by atoms with van der Waals surface area (Å²) >= 11 is 1.62. The molecule has 2 aromatic rings. The van der Waals surface area contributed by atoms with Crippen LogP contribution in [0.5, 0.6) is 0 Å². The van der Waals surface area contributed by atoms with E-state index in [1.165, 1.54) is 12.1 Å². The number of nitrogens with one attached hydrogen (secondary N) is 1. The van der Waals surface area contributed by atoms with Crippen molar-refractivity contribution in [3.8, 4) is 11.8 Å². The maximum absolute atomic E-state index is 12.9. The maximum atomic E-state index is 12.9. The SMILES string of the molecule is CC#Cc1cc(C(=O)Nc2ccc(I)c(C(F)(F)F)c2)ccc1C. The van der Waals surface area contributed by atoms with Gasteiger partial charge in [-0.05, 0) is 72.3 Å². The summed E-state index contributed by atoms with van der Waals surface area (Å²) in [6, 6.07) is 8.68. The molecule has 2 nitrogen and oxygen atoms in total. The van der Waals surface area contributed by atoms with Gasteiger partial charge in [-0.3, -0.25) is 4.79 Å². The molecule has 0 aliphatic rings. The third-order valence-electron chi connectivity index (χ3n) is 3.29. The molecule has 0 radical (unpaired) electrons. The second kappa shape index (κ2) is 7.26. The van der Waals surface area contributed by atoms with Crippen molar-refractivity contribution in [3.05, 3.63) is 62.2 Å². The van der Waals surface area contributed by atoms with Crippen LogP contribution in [-0.4, -0.2) is 5.91 Å². The highest BCUT2D eigenvalue weighted by Crippen LogP contribution is 2.34. The second-order valence-electron chi connectivity index (χ2n) is 5.05. The fraction of sp³-hybridized carbons (Fsp3) is 0.167. The number of anilines is 1. The predicted molar refractivity (Wildman–Crippen MR) is 95.8 cm³/mol. The van der Waals surface area contributed by atoms with Crippen LogP contribution in [-0.2, 0) is 6.18 Å².